The fourth-order valence-corrected chi connectivity index (χ4v) is 0.485. The number of hydrogen-bond donors (Lipinski definition) is 2. The fourth-order valence-electron chi connectivity index (χ4n) is 0.485. The smallest absolute Gasteiger partial charge is 0.229 e. The minimum absolute atomic E-state index is 0.208. The Kier molecular flexibility index (Phi) is 4.28. The third kappa shape index (κ3) is 5.08. The molecule has 3 N–H and O–H groups in total. The predicted octanol–water partition coefficient (Wildman–Crippen LogP) is -0.612. The van der Waals surface area contributed by atoms with E-state index in [0.29, 0.717) is 6.54 Å². The van der Waals surface area contributed by atoms with E-state index in [9.17, 15) is 9.59 Å². The van der Waals surface area contributed by atoms with Crippen molar-refractivity contribution < 1.29 is 9.59 Å². The third-order valence-corrected chi connectivity index (χ3v) is 0.907. The Morgan fingerprint density at radius 2 is 2.10 bits per heavy atom. The van der Waals surface area contributed by atoms with E-state index >= 15 is 0 Å². The van der Waals surface area contributed by atoms with Gasteiger partial charge in [-0.2, -0.15) is 0 Å². The van der Waals surface area contributed by atoms with Crippen LogP contribution in [0.15, 0.2) is 0 Å². The van der Waals surface area contributed by atoms with Gasteiger partial charge in [-0.05, 0) is 6.42 Å². The van der Waals surface area contributed by atoms with Crippen LogP contribution in [0.2, 0.25) is 0 Å². The molecule has 0 saturated carbocycles. The van der Waals surface area contributed by atoms with Gasteiger partial charge in [0.25, 0.3) is 0 Å². The molecular formula is C6H12N2O2. The molecule has 0 aliphatic carbocycles. The Balaban J connectivity index is 3.35. The summed E-state index contributed by atoms with van der Waals surface area (Å²) in [5.74, 6) is -0.886. The zero-order chi connectivity index (χ0) is 7.98. The van der Waals surface area contributed by atoms with Crippen LogP contribution in [0.25, 0.3) is 0 Å². The Morgan fingerprint density at radius 3 is 2.50 bits per heavy atom. The maximum atomic E-state index is 10.6. The lowest BCUT2D eigenvalue weighted by Crippen LogP contribution is -2.28. The largest absolute Gasteiger partial charge is 0.369 e. The van der Waals surface area contributed by atoms with Crippen molar-refractivity contribution in [1.82, 2.24) is 5.32 Å². The Bertz CT molecular complexity index is 134. The van der Waals surface area contributed by atoms with Crippen LogP contribution in [0.5, 0.6) is 0 Å². The van der Waals surface area contributed by atoms with E-state index in [1.165, 1.54) is 0 Å². The molecule has 0 unspecified atom stereocenters. The van der Waals surface area contributed by atoms with Crippen molar-refractivity contribution in [1.29, 1.82) is 0 Å². The van der Waals surface area contributed by atoms with Gasteiger partial charge in [-0.3, -0.25) is 9.59 Å². The highest BCUT2D eigenvalue weighted by Gasteiger charge is 2.02. The summed E-state index contributed by atoms with van der Waals surface area (Å²) >= 11 is 0. The normalized spacial score (nSPS) is 8.90. The van der Waals surface area contributed by atoms with Crippen LogP contribution < -0.4 is 11.1 Å². The van der Waals surface area contributed by atoms with Crippen molar-refractivity contribution >= 4 is 11.8 Å². The number of hydrogen-bond acceptors (Lipinski definition) is 2. The second-order valence-electron chi connectivity index (χ2n) is 1.99. The van der Waals surface area contributed by atoms with Gasteiger partial charge in [0.2, 0.25) is 11.8 Å². The van der Waals surface area contributed by atoms with E-state index in [1.807, 2.05) is 6.92 Å². The molecule has 0 aromatic rings. The van der Waals surface area contributed by atoms with Gasteiger partial charge in [0.15, 0.2) is 0 Å². The molecule has 0 bridgehead atoms. The summed E-state index contributed by atoms with van der Waals surface area (Å²) in [4.78, 5) is 20.7. The van der Waals surface area contributed by atoms with E-state index in [2.05, 4.69) is 5.32 Å². The van der Waals surface area contributed by atoms with Crippen molar-refractivity contribution in [2.45, 2.75) is 19.8 Å². The topological polar surface area (TPSA) is 72.2 Å². The number of nitrogens with two attached hydrogens (primary N) is 1. The number of nitrogens with one attached hydrogen (secondary N) is 1. The molecule has 0 radical (unpaired) electrons. The Hall–Kier alpha value is -1.06. The highest BCUT2D eigenvalue weighted by Crippen LogP contribution is 1.77. The van der Waals surface area contributed by atoms with E-state index in [-0.39, 0.29) is 12.3 Å². The second kappa shape index (κ2) is 4.78. The van der Waals surface area contributed by atoms with Crippen molar-refractivity contribution in [3.8, 4) is 0 Å². The molecule has 0 atom stereocenters. The average molecular weight is 144 g/mol. The van der Waals surface area contributed by atoms with Gasteiger partial charge in [-0.25, -0.2) is 0 Å². The monoisotopic (exact) mass is 144 g/mol. The van der Waals surface area contributed by atoms with Crippen LogP contribution in [0, 0.1) is 0 Å². The summed E-state index contributed by atoms with van der Waals surface area (Å²) in [5, 5.41) is 2.52. The Labute approximate surface area is 59.8 Å². The summed E-state index contributed by atoms with van der Waals surface area (Å²) in [6.45, 7) is 2.54. The third-order valence-electron chi connectivity index (χ3n) is 0.907. The molecule has 4 nitrogen and oxygen atoms in total. The number of amides is 2. The molecular weight excluding hydrogens is 132 g/mol. The first-order valence-corrected chi connectivity index (χ1v) is 3.21. The fraction of sp³-hybridized carbons (Fsp3) is 0.667. The van der Waals surface area contributed by atoms with Gasteiger partial charge in [0.1, 0.15) is 6.42 Å². The summed E-state index contributed by atoms with van der Waals surface area (Å²) < 4.78 is 0. The highest BCUT2D eigenvalue weighted by molar-refractivity contribution is 5.95. The van der Waals surface area contributed by atoms with E-state index in [1.54, 1.807) is 0 Å². The molecule has 0 aliphatic heterocycles. The standard InChI is InChI=1S/C6H12N2O2/c1-2-3-8-6(10)4-5(7)9/h2-4H2,1H3,(H2,7,9)(H,8,10). The summed E-state index contributed by atoms with van der Waals surface area (Å²) in [6.07, 6.45) is 0.657. The summed E-state index contributed by atoms with van der Waals surface area (Å²) in [7, 11) is 0. The van der Waals surface area contributed by atoms with Crippen molar-refractivity contribution in [3.63, 3.8) is 0 Å². The molecule has 0 aromatic heterocycles. The Morgan fingerprint density at radius 1 is 1.50 bits per heavy atom. The maximum Gasteiger partial charge on any atom is 0.229 e. The molecule has 0 aliphatic rings. The zero-order valence-electron chi connectivity index (χ0n) is 6.02. The van der Waals surface area contributed by atoms with Gasteiger partial charge in [0, 0.05) is 6.54 Å². The van der Waals surface area contributed by atoms with Gasteiger partial charge in [0.05, 0.1) is 0 Å². The van der Waals surface area contributed by atoms with Crippen molar-refractivity contribution in [2.24, 2.45) is 5.73 Å². The number of carbonyl (C=O) groups is 2. The maximum absolute atomic E-state index is 10.6. The second-order valence-corrected chi connectivity index (χ2v) is 1.99. The molecule has 0 rings (SSSR count). The van der Waals surface area contributed by atoms with Gasteiger partial charge >= 0.3 is 0 Å². The minimum Gasteiger partial charge on any atom is -0.369 e. The van der Waals surface area contributed by atoms with Gasteiger partial charge in [-0.15, -0.1) is 0 Å². The molecule has 10 heavy (non-hydrogen) atoms. The first-order chi connectivity index (χ1) is 4.66. The lowest BCUT2D eigenvalue weighted by Gasteiger charge is -1.98. The predicted molar refractivity (Wildman–Crippen MR) is 37.1 cm³/mol. The molecule has 2 amide bonds. The average Bonchev–Trinajstić information content (AvgIpc) is 1.82. The van der Waals surface area contributed by atoms with Gasteiger partial charge in [-0.1, -0.05) is 6.92 Å². The van der Waals surface area contributed by atoms with Crippen LogP contribution in [-0.2, 0) is 9.59 Å². The van der Waals surface area contributed by atoms with E-state index < -0.39 is 5.91 Å². The first-order valence-electron chi connectivity index (χ1n) is 3.21. The molecule has 58 valence electrons. The molecule has 0 aromatic carbocycles. The molecule has 0 fully saturated rings. The van der Waals surface area contributed by atoms with Crippen LogP contribution in [0.1, 0.15) is 19.8 Å². The summed E-state index contributed by atoms with van der Waals surface area (Å²) in [6, 6.07) is 0. The van der Waals surface area contributed by atoms with Crippen molar-refractivity contribution in [2.75, 3.05) is 6.54 Å². The quantitative estimate of drug-likeness (QED) is 0.516. The minimum atomic E-state index is -0.589. The van der Waals surface area contributed by atoms with E-state index in [0.717, 1.165) is 6.42 Å². The highest BCUT2D eigenvalue weighted by atomic mass is 16.2. The van der Waals surface area contributed by atoms with Crippen LogP contribution in [0.4, 0.5) is 0 Å². The first kappa shape index (κ1) is 8.94. The van der Waals surface area contributed by atoms with Crippen LogP contribution in [-0.4, -0.2) is 18.4 Å². The lowest BCUT2D eigenvalue weighted by molar-refractivity contribution is -0.127. The molecule has 4 heteroatoms. The number of rotatable bonds is 4. The van der Waals surface area contributed by atoms with Gasteiger partial charge < -0.3 is 11.1 Å². The molecule has 0 saturated heterocycles. The molecule has 0 heterocycles. The molecule has 0 spiro atoms. The van der Waals surface area contributed by atoms with Crippen LogP contribution >= 0.6 is 0 Å². The SMILES string of the molecule is CCCNC(=O)CC(N)=O. The zero-order valence-corrected chi connectivity index (χ0v) is 6.02. The van der Waals surface area contributed by atoms with E-state index in [4.69, 9.17) is 5.73 Å². The number of primary amides is 1. The number of carbonyl (C=O) groups excluding carboxylic acids is 2. The lowest BCUT2D eigenvalue weighted by atomic mass is 10.4. The van der Waals surface area contributed by atoms with Crippen LogP contribution in [0.3, 0.4) is 0 Å². The van der Waals surface area contributed by atoms with Crippen molar-refractivity contribution in [3.05, 3.63) is 0 Å². The summed E-state index contributed by atoms with van der Waals surface area (Å²) in [5.41, 5.74) is 4.77.